The molecular formula is C18H19FN2O2S. The number of nitrogens with zero attached hydrogens (tertiary/aromatic N) is 1. The summed E-state index contributed by atoms with van der Waals surface area (Å²) in [5, 5.41) is 6.65. The van der Waals surface area contributed by atoms with Crippen molar-refractivity contribution in [3.63, 3.8) is 0 Å². The van der Waals surface area contributed by atoms with Gasteiger partial charge >= 0.3 is 0 Å². The summed E-state index contributed by atoms with van der Waals surface area (Å²) in [7, 11) is 0. The highest BCUT2D eigenvalue weighted by molar-refractivity contribution is 7.08. The minimum Gasteiger partial charge on any atom is -0.352 e. The van der Waals surface area contributed by atoms with Crippen LogP contribution in [0.4, 0.5) is 4.39 Å². The van der Waals surface area contributed by atoms with Crippen LogP contribution in [-0.2, 0) is 0 Å². The van der Waals surface area contributed by atoms with Crippen molar-refractivity contribution in [2.75, 3.05) is 19.6 Å². The summed E-state index contributed by atoms with van der Waals surface area (Å²) in [6.45, 7) is 1.79. The van der Waals surface area contributed by atoms with Crippen molar-refractivity contribution >= 4 is 23.2 Å². The average Bonchev–Trinajstić information content (AvgIpc) is 3.15. The van der Waals surface area contributed by atoms with Crippen molar-refractivity contribution in [3.8, 4) is 0 Å². The summed E-state index contributed by atoms with van der Waals surface area (Å²) in [5.74, 6) is -0.445. The predicted octanol–water partition coefficient (Wildman–Crippen LogP) is 3.17. The summed E-state index contributed by atoms with van der Waals surface area (Å²) in [4.78, 5) is 26.0. The van der Waals surface area contributed by atoms with Crippen LogP contribution in [0, 0.1) is 11.7 Å². The van der Waals surface area contributed by atoms with Gasteiger partial charge in [0.2, 0.25) is 0 Å². The van der Waals surface area contributed by atoms with E-state index in [0.29, 0.717) is 31.1 Å². The number of thiophene rings is 1. The number of piperidine rings is 1. The van der Waals surface area contributed by atoms with Gasteiger partial charge in [0.25, 0.3) is 11.8 Å². The molecule has 0 saturated carbocycles. The Hall–Kier alpha value is -2.21. The van der Waals surface area contributed by atoms with Crippen molar-refractivity contribution in [2.45, 2.75) is 12.8 Å². The average molecular weight is 346 g/mol. The minimum atomic E-state index is -0.479. The van der Waals surface area contributed by atoms with Gasteiger partial charge in [-0.2, -0.15) is 11.3 Å². The molecule has 1 aliphatic heterocycles. The van der Waals surface area contributed by atoms with E-state index in [1.807, 2.05) is 10.8 Å². The van der Waals surface area contributed by atoms with Gasteiger partial charge in [0.05, 0.1) is 5.56 Å². The highest BCUT2D eigenvalue weighted by Gasteiger charge is 2.25. The molecule has 1 N–H and O–H groups in total. The van der Waals surface area contributed by atoms with E-state index in [0.717, 1.165) is 12.8 Å². The van der Waals surface area contributed by atoms with Crippen LogP contribution in [0.15, 0.2) is 41.1 Å². The van der Waals surface area contributed by atoms with Gasteiger partial charge in [-0.1, -0.05) is 12.1 Å². The second kappa shape index (κ2) is 7.57. The highest BCUT2D eigenvalue weighted by atomic mass is 32.1. The first-order valence-corrected chi connectivity index (χ1v) is 8.93. The lowest BCUT2D eigenvalue weighted by Crippen LogP contribution is -2.41. The standard InChI is InChI=1S/C18H19FN2O2S/c19-16-4-2-1-3-15(16)18(23)21-8-5-13(6-9-21)11-20-17(22)14-7-10-24-12-14/h1-4,7,10,12-13H,5-6,8-9,11H2,(H,20,22). The normalized spacial score (nSPS) is 15.3. The van der Waals surface area contributed by atoms with Crippen LogP contribution in [0.25, 0.3) is 0 Å². The van der Waals surface area contributed by atoms with Crippen molar-refractivity contribution in [2.24, 2.45) is 5.92 Å². The first-order chi connectivity index (χ1) is 11.6. The highest BCUT2D eigenvalue weighted by Crippen LogP contribution is 2.20. The molecule has 3 rings (SSSR count). The number of nitrogens with one attached hydrogen (secondary N) is 1. The Morgan fingerprint density at radius 3 is 2.62 bits per heavy atom. The lowest BCUT2D eigenvalue weighted by atomic mass is 9.96. The lowest BCUT2D eigenvalue weighted by Gasteiger charge is -2.32. The third-order valence-electron chi connectivity index (χ3n) is 4.34. The van der Waals surface area contributed by atoms with Crippen LogP contribution in [0.2, 0.25) is 0 Å². The third kappa shape index (κ3) is 3.82. The van der Waals surface area contributed by atoms with E-state index in [9.17, 15) is 14.0 Å². The zero-order valence-corrected chi connectivity index (χ0v) is 14.0. The number of halogens is 1. The minimum absolute atomic E-state index is 0.0545. The van der Waals surface area contributed by atoms with Gasteiger partial charge in [-0.3, -0.25) is 9.59 Å². The largest absolute Gasteiger partial charge is 0.352 e. The molecule has 1 aliphatic rings. The van der Waals surface area contributed by atoms with Gasteiger partial charge < -0.3 is 10.2 Å². The fourth-order valence-corrected chi connectivity index (χ4v) is 3.51. The molecule has 6 heteroatoms. The molecule has 0 atom stereocenters. The molecule has 24 heavy (non-hydrogen) atoms. The number of likely N-dealkylation sites (tertiary alicyclic amines) is 1. The van der Waals surface area contributed by atoms with E-state index < -0.39 is 5.82 Å². The van der Waals surface area contributed by atoms with Crippen molar-refractivity contribution in [1.82, 2.24) is 10.2 Å². The van der Waals surface area contributed by atoms with Crippen LogP contribution in [0.1, 0.15) is 33.6 Å². The summed E-state index contributed by atoms with van der Waals surface area (Å²) < 4.78 is 13.7. The maximum absolute atomic E-state index is 13.7. The quantitative estimate of drug-likeness (QED) is 0.924. The number of hydrogen-bond acceptors (Lipinski definition) is 3. The van der Waals surface area contributed by atoms with Gasteiger partial charge in [0.1, 0.15) is 5.82 Å². The lowest BCUT2D eigenvalue weighted by molar-refractivity contribution is 0.0679. The summed E-state index contributed by atoms with van der Waals surface area (Å²) in [6.07, 6.45) is 1.62. The SMILES string of the molecule is O=C(NCC1CCN(C(=O)c2ccccc2F)CC1)c1ccsc1. The summed E-state index contributed by atoms with van der Waals surface area (Å²) in [5.41, 5.74) is 0.814. The molecule has 4 nitrogen and oxygen atoms in total. The second-order valence-electron chi connectivity index (χ2n) is 5.94. The van der Waals surface area contributed by atoms with Crippen molar-refractivity contribution in [3.05, 3.63) is 58.0 Å². The molecule has 1 saturated heterocycles. The Balaban J connectivity index is 1.48. The maximum Gasteiger partial charge on any atom is 0.256 e. The van der Waals surface area contributed by atoms with Crippen molar-refractivity contribution < 1.29 is 14.0 Å². The summed E-state index contributed by atoms with van der Waals surface area (Å²) in [6, 6.07) is 7.87. The number of benzene rings is 1. The number of carbonyl (C=O) groups is 2. The molecule has 0 bridgehead atoms. The van der Waals surface area contributed by atoms with Crippen LogP contribution in [-0.4, -0.2) is 36.3 Å². The number of rotatable bonds is 4. The molecule has 2 amide bonds. The zero-order valence-electron chi connectivity index (χ0n) is 13.2. The van der Waals surface area contributed by atoms with Crippen LogP contribution in [0.5, 0.6) is 0 Å². The van der Waals surface area contributed by atoms with Crippen LogP contribution < -0.4 is 5.32 Å². The number of hydrogen-bond donors (Lipinski definition) is 1. The molecule has 0 radical (unpaired) electrons. The molecule has 0 unspecified atom stereocenters. The molecule has 1 fully saturated rings. The Kier molecular flexibility index (Phi) is 5.25. The molecule has 0 spiro atoms. The molecular weight excluding hydrogens is 327 g/mol. The van der Waals surface area contributed by atoms with Gasteiger partial charge in [-0.05, 0) is 42.3 Å². The fraction of sp³-hybridized carbons (Fsp3) is 0.333. The van der Waals surface area contributed by atoms with Crippen LogP contribution >= 0.6 is 11.3 Å². The second-order valence-corrected chi connectivity index (χ2v) is 6.72. The number of carbonyl (C=O) groups excluding carboxylic acids is 2. The van der Waals surface area contributed by atoms with Gasteiger partial charge in [0, 0.05) is 30.6 Å². The molecule has 1 aromatic carbocycles. The Labute approximate surface area is 144 Å². The first-order valence-electron chi connectivity index (χ1n) is 7.99. The molecule has 1 aromatic heterocycles. The molecule has 2 aromatic rings. The Morgan fingerprint density at radius 1 is 1.21 bits per heavy atom. The van der Waals surface area contributed by atoms with E-state index in [-0.39, 0.29) is 17.4 Å². The smallest absolute Gasteiger partial charge is 0.256 e. The van der Waals surface area contributed by atoms with Crippen molar-refractivity contribution in [1.29, 1.82) is 0 Å². The van der Waals surface area contributed by atoms with Gasteiger partial charge in [-0.15, -0.1) is 0 Å². The van der Waals surface area contributed by atoms with Gasteiger partial charge in [-0.25, -0.2) is 4.39 Å². The van der Waals surface area contributed by atoms with E-state index in [1.165, 1.54) is 23.5 Å². The van der Waals surface area contributed by atoms with E-state index in [2.05, 4.69) is 5.32 Å². The first kappa shape index (κ1) is 16.6. The Bertz CT molecular complexity index is 710. The predicted molar refractivity (Wildman–Crippen MR) is 91.7 cm³/mol. The molecule has 2 heterocycles. The fourth-order valence-electron chi connectivity index (χ4n) is 2.88. The monoisotopic (exact) mass is 346 g/mol. The number of amides is 2. The molecule has 126 valence electrons. The van der Waals surface area contributed by atoms with E-state index in [1.54, 1.807) is 23.1 Å². The molecule has 0 aliphatic carbocycles. The summed E-state index contributed by atoms with van der Waals surface area (Å²) >= 11 is 1.50. The Morgan fingerprint density at radius 2 is 1.96 bits per heavy atom. The van der Waals surface area contributed by atoms with E-state index in [4.69, 9.17) is 0 Å². The maximum atomic E-state index is 13.7. The van der Waals surface area contributed by atoms with E-state index >= 15 is 0 Å². The van der Waals surface area contributed by atoms with Gasteiger partial charge in [0.15, 0.2) is 0 Å². The van der Waals surface area contributed by atoms with Crippen LogP contribution in [0.3, 0.4) is 0 Å². The topological polar surface area (TPSA) is 49.4 Å². The third-order valence-corrected chi connectivity index (χ3v) is 5.02. The zero-order chi connectivity index (χ0) is 16.9.